The lowest BCUT2D eigenvalue weighted by atomic mass is 9.86. The van der Waals surface area contributed by atoms with E-state index in [1.54, 1.807) is 29.4 Å². The van der Waals surface area contributed by atoms with Crippen LogP contribution in [0, 0.1) is 0 Å². The van der Waals surface area contributed by atoms with Crippen LogP contribution in [0.2, 0.25) is 0 Å². The lowest BCUT2D eigenvalue weighted by Gasteiger charge is -2.45. The molecular formula is C35H48N10O3S. The number of anilines is 2. The molecule has 2 fully saturated rings. The zero-order valence-electron chi connectivity index (χ0n) is 29.2. The summed E-state index contributed by atoms with van der Waals surface area (Å²) in [5, 5.41) is 36.2. The molecule has 2 aliphatic carbocycles. The minimum Gasteiger partial charge on any atom is -0.465 e. The van der Waals surface area contributed by atoms with E-state index in [4.69, 9.17) is 10.1 Å². The van der Waals surface area contributed by atoms with E-state index in [9.17, 15) is 14.7 Å². The summed E-state index contributed by atoms with van der Waals surface area (Å²) in [6.45, 7) is 11.6. The number of nitrogens with zero attached hydrogens (tertiary/aromatic N) is 7. The highest BCUT2D eigenvalue weighted by molar-refractivity contribution is 7.14. The monoisotopic (exact) mass is 688 g/mol. The Morgan fingerprint density at radius 2 is 1.78 bits per heavy atom. The van der Waals surface area contributed by atoms with E-state index in [1.165, 1.54) is 0 Å². The van der Waals surface area contributed by atoms with Gasteiger partial charge in [0.15, 0.2) is 5.01 Å². The van der Waals surface area contributed by atoms with E-state index in [0.717, 1.165) is 89.5 Å². The fourth-order valence-corrected chi connectivity index (χ4v) is 8.36. The first-order valence-corrected chi connectivity index (χ1v) is 18.2. The van der Waals surface area contributed by atoms with Crippen LogP contribution in [0.3, 0.4) is 0 Å². The molecule has 0 aliphatic heterocycles. The molecule has 0 saturated heterocycles. The maximum absolute atomic E-state index is 12.3. The van der Waals surface area contributed by atoms with Gasteiger partial charge in [-0.25, -0.2) is 14.3 Å². The third kappa shape index (κ3) is 7.79. The van der Waals surface area contributed by atoms with Gasteiger partial charge in [-0.1, -0.05) is 24.2 Å². The van der Waals surface area contributed by atoms with Gasteiger partial charge in [0.25, 0.3) is 0 Å². The highest BCUT2D eigenvalue weighted by Crippen LogP contribution is 2.39. The topological polar surface area (TPSA) is 163 Å². The van der Waals surface area contributed by atoms with E-state index < -0.39 is 11.6 Å². The standard InChI is InChI=1S/C35H48N10O3S/c1-20(2)38-27-17-28(36-19-25(27)32-42-41-31(49-32)22-11-13-23(14-12-22)39-21(3)46)30-16-15-24-18-37-33(43-45(24)30)40-26-9-7-8-10-29(26)44(34(47)48)35(4,5)6/h15-20,22-23,26,29H,7-14H2,1-6H3,(H,36,38)(H,39,46)(H,40,43)(H,47,48)/t22-,23-,26-,29+/m1/s1. The van der Waals surface area contributed by atoms with Crippen LogP contribution < -0.4 is 16.0 Å². The Balaban J connectivity index is 1.25. The quantitative estimate of drug-likeness (QED) is 0.147. The predicted molar refractivity (Wildman–Crippen MR) is 192 cm³/mol. The Bertz CT molecular complexity index is 1790. The molecule has 2 atom stereocenters. The summed E-state index contributed by atoms with van der Waals surface area (Å²) in [6.07, 6.45) is 10.2. The smallest absolute Gasteiger partial charge is 0.408 e. The van der Waals surface area contributed by atoms with Crippen molar-refractivity contribution >= 4 is 40.5 Å². The summed E-state index contributed by atoms with van der Waals surface area (Å²) < 4.78 is 1.84. The first kappa shape index (κ1) is 34.5. The fraction of sp³-hybridized carbons (Fsp3) is 0.571. The lowest BCUT2D eigenvalue weighted by molar-refractivity contribution is -0.119. The highest BCUT2D eigenvalue weighted by atomic mass is 32.1. The minimum atomic E-state index is -0.911. The van der Waals surface area contributed by atoms with Crippen molar-refractivity contribution in [1.82, 2.24) is 40.0 Å². The number of carboxylic acid groups (broad SMARTS) is 1. The number of aromatic nitrogens is 6. The lowest BCUT2D eigenvalue weighted by Crippen LogP contribution is -2.58. The second kappa shape index (κ2) is 14.3. The molecule has 4 aromatic rings. The van der Waals surface area contributed by atoms with Crippen LogP contribution in [-0.4, -0.2) is 81.5 Å². The molecule has 2 amide bonds. The summed E-state index contributed by atoms with van der Waals surface area (Å²) in [6, 6.07) is 6.12. The molecule has 0 aromatic carbocycles. The molecule has 13 nitrogen and oxygen atoms in total. The predicted octanol–water partition coefficient (Wildman–Crippen LogP) is 6.79. The van der Waals surface area contributed by atoms with Crippen LogP contribution in [0.15, 0.2) is 30.6 Å². The zero-order chi connectivity index (χ0) is 34.9. The maximum Gasteiger partial charge on any atom is 0.408 e. The number of carbonyl (C=O) groups excluding carboxylic acids is 1. The van der Waals surface area contributed by atoms with Crippen molar-refractivity contribution in [3.8, 4) is 22.0 Å². The van der Waals surface area contributed by atoms with Crippen molar-refractivity contribution in [3.05, 3.63) is 35.6 Å². The van der Waals surface area contributed by atoms with Crippen LogP contribution >= 0.6 is 11.3 Å². The molecule has 6 rings (SSSR count). The zero-order valence-corrected chi connectivity index (χ0v) is 30.0. The van der Waals surface area contributed by atoms with Gasteiger partial charge in [0, 0.05) is 48.4 Å². The molecule has 0 radical (unpaired) electrons. The van der Waals surface area contributed by atoms with Crippen LogP contribution in [0.1, 0.15) is 104 Å². The second-order valence-electron chi connectivity index (χ2n) is 14.7. The normalized spacial score (nSPS) is 21.4. The van der Waals surface area contributed by atoms with E-state index in [1.807, 2.05) is 49.7 Å². The molecule has 4 N–H and O–H groups in total. The van der Waals surface area contributed by atoms with E-state index in [2.05, 4.69) is 45.0 Å². The Hall–Kier alpha value is -4.33. The molecule has 0 spiro atoms. The largest absolute Gasteiger partial charge is 0.465 e. The third-order valence-corrected chi connectivity index (χ3v) is 10.6. The highest BCUT2D eigenvalue weighted by Gasteiger charge is 2.39. The molecule has 2 aliphatic rings. The van der Waals surface area contributed by atoms with Gasteiger partial charge in [0.05, 0.1) is 34.7 Å². The number of pyridine rings is 1. The molecule has 0 bridgehead atoms. The molecule has 0 unspecified atom stereocenters. The number of fused-ring (bicyclic) bond motifs is 1. The summed E-state index contributed by atoms with van der Waals surface area (Å²) >= 11 is 1.61. The molecule has 262 valence electrons. The number of carbonyl (C=O) groups is 2. The van der Waals surface area contributed by atoms with Crippen LogP contribution in [0.25, 0.3) is 27.5 Å². The number of nitrogens with one attached hydrogen (secondary N) is 3. The summed E-state index contributed by atoms with van der Waals surface area (Å²) in [7, 11) is 0. The van der Waals surface area contributed by atoms with Crippen LogP contribution in [0.5, 0.6) is 0 Å². The van der Waals surface area contributed by atoms with Crippen LogP contribution in [-0.2, 0) is 4.79 Å². The first-order valence-electron chi connectivity index (χ1n) is 17.4. The van der Waals surface area contributed by atoms with E-state index in [-0.39, 0.29) is 30.1 Å². The van der Waals surface area contributed by atoms with Crippen molar-refractivity contribution in [2.45, 2.75) is 129 Å². The second-order valence-corrected chi connectivity index (χ2v) is 15.7. The number of rotatable bonds is 9. The van der Waals surface area contributed by atoms with E-state index in [0.29, 0.717) is 11.9 Å². The van der Waals surface area contributed by atoms with Gasteiger partial charge >= 0.3 is 6.09 Å². The van der Waals surface area contributed by atoms with E-state index >= 15 is 0 Å². The average Bonchev–Trinajstić information content (AvgIpc) is 3.69. The van der Waals surface area contributed by atoms with Crippen molar-refractivity contribution in [2.24, 2.45) is 0 Å². The Labute approximate surface area is 291 Å². The SMILES string of the molecule is CC(=O)N[C@H]1CC[C@H](c2nnc(-c3cnc(-c4ccc5cnc(N[C@@H]6CCCC[C@@H]6N(C(=O)O)C(C)(C)C)nn45)cc3NC(C)C)s2)CC1. The first-order chi connectivity index (χ1) is 23.4. The molecule has 49 heavy (non-hydrogen) atoms. The fourth-order valence-electron chi connectivity index (χ4n) is 7.32. The Kier molecular flexibility index (Phi) is 10.0. The molecule has 14 heteroatoms. The van der Waals surface area contributed by atoms with Crippen molar-refractivity contribution < 1.29 is 14.7 Å². The van der Waals surface area contributed by atoms with Gasteiger partial charge in [-0.2, -0.15) is 0 Å². The third-order valence-electron chi connectivity index (χ3n) is 9.47. The number of hydrogen-bond acceptors (Lipinski definition) is 10. The van der Waals surface area contributed by atoms with Gasteiger partial charge in [-0.3, -0.25) is 14.7 Å². The van der Waals surface area contributed by atoms with Gasteiger partial charge in [-0.15, -0.1) is 15.3 Å². The van der Waals surface area contributed by atoms with Crippen LogP contribution in [0.4, 0.5) is 16.4 Å². The summed E-state index contributed by atoms with van der Waals surface area (Å²) in [4.78, 5) is 34.9. The molecule has 2 saturated carbocycles. The van der Waals surface area contributed by atoms with Gasteiger partial charge in [0.1, 0.15) is 5.01 Å². The van der Waals surface area contributed by atoms with Crippen molar-refractivity contribution in [2.75, 3.05) is 10.6 Å². The summed E-state index contributed by atoms with van der Waals surface area (Å²) in [5.74, 6) is 0.814. The van der Waals surface area contributed by atoms with Gasteiger partial charge in [0.2, 0.25) is 11.9 Å². The van der Waals surface area contributed by atoms with Crippen molar-refractivity contribution in [1.29, 1.82) is 0 Å². The maximum atomic E-state index is 12.3. The minimum absolute atomic E-state index is 0.0266. The molecular weight excluding hydrogens is 641 g/mol. The Morgan fingerprint density at radius 1 is 1.02 bits per heavy atom. The Morgan fingerprint density at radius 3 is 2.47 bits per heavy atom. The van der Waals surface area contributed by atoms with Gasteiger partial charge < -0.3 is 21.1 Å². The number of amides is 2. The van der Waals surface area contributed by atoms with Gasteiger partial charge in [-0.05, 0) is 91.3 Å². The molecule has 4 aromatic heterocycles. The average molecular weight is 689 g/mol. The number of hydrogen-bond donors (Lipinski definition) is 4. The molecule has 4 heterocycles. The van der Waals surface area contributed by atoms with Crippen molar-refractivity contribution in [3.63, 3.8) is 0 Å². The summed E-state index contributed by atoms with van der Waals surface area (Å²) in [5.41, 5.74) is 3.67.